The fourth-order valence-corrected chi connectivity index (χ4v) is 4.13. The molecule has 9 heteroatoms. The van der Waals surface area contributed by atoms with E-state index in [9.17, 15) is 18.0 Å². The van der Waals surface area contributed by atoms with E-state index >= 15 is 0 Å². The summed E-state index contributed by atoms with van der Waals surface area (Å²) in [5, 5.41) is 0. The molecule has 2 aromatic rings. The number of esters is 2. The summed E-state index contributed by atoms with van der Waals surface area (Å²) >= 11 is 0. The molecule has 2 rings (SSSR count). The van der Waals surface area contributed by atoms with Crippen LogP contribution in [0.15, 0.2) is 53.4 Å². The lowest BCUT2D eigenvalue weighted by Gasteiger charge is -2.25. The third-order valence-electron chi connectivity index (χ3n) is 3.97. The lowest BCUT2D eigenvalue weighted by atomic mass is 10.2. The van der Waals surface area contributed by atoms with Gasteiger partial charge in [0.25, 0.3) is 10.0 Å². The monoisotopic (exact) mass is 435 g/mol. The number of hydrogen-bond donors (Lipinski definition) is 0. The first-order valence-corrected chi connectivity index (χ1v) is 11.0. The van der Waals surface area contributed by atoms with Crippen LogP contribution in [0.25, 0.3) is 0 Å². The molecule has 0 atom stereocenters. The molecule has 0 amide bonds. The Balaban J connectivity index is 2.55. The van der Waals surface area contributed by atoms with Gasteiger partial charge in [-0.25, -0.2) is 13.2 Å². The first-order chi connectivity index (χ1) is 14.3. The standard InChI is InChI=1S/C21H25NO7S/c1-4-27-16-11-13-17(14-12-16)30(25,26)22(15-20(23)28-5-2)19-10-8-7-9-18(19)21(24)29-6-3/h7-14H,4-6,15H2,1-3H3. The highest BCUT2D eigenvalue weighted by Gasteiger charge is 2.31. The fourth-order valence-electron chi connectivity index (χ4n) is 2.70. The lowest BCUT2D eigenvalue weighted by molar-refractivity contribution is -0.141. The Labute approximate surface area is 176 Å². The number of nitrogens with zero attached hydrogens (tertiary/aromatic N) is 1. The molecule has 0 fully saturated rings. The summed E-state index contributed by atoms with van der Waals surface area (Å²) in [7, 11) is -4.20. The molecule has 0 N–H and O–H groups in total. The Hall–Kier alpha value is -3.07. The van der Waals surface area contributed by atoms with E-state index in [0.29, 0.717) is 12.4 Å². The van der Waals surface area contributed by atoms with E-state index in [4.69, 9.17) is 14.2 Å². The predicted octanol–water partition coefficient (Wildman–Crippen LogP) is 3.02. The van der Waals surface area contributed by atoms with Gasteiger partial charge in [0.1, 0.15) is 12.3 Å². The van der Waals surface area contributed by atoms with Gasteiger partial charge in [0.05, 0.1) is 36.0 Å². The maximum absolute atomic E-state index is 13.4. The molecule has 0 aliphatic heterocycles. The molecule has 30 heavy (non-hydrogen) atoms. The number of carbonyl (C=O) groups excluding carboxylic acids is 2. The number of sulfonamides is 1. The second-order valence-electron chi connectivity index (χ2n) is 5.96. The molecule has 0 aromatic heterocycles. The van der Waals surface area contributed by atoms with Crippen molar-refractivity contribution in [3.8, 4) is 5.75 Å². The zero-order chi connectivity index (χ0) is 22.1. The maximum atomic E-state index is 13.4. The van der Waals surface area contributed by atoms with Gasteiger partial charge < -0.3 is 14.2 Å². The van der Waals surface area contributed by atoms with E-state index < -0.39 is 28.5 Å². The Kier molecular flexibility index (Phi) is 8.23. The molecular formula is C21H25NO7S. The first-order valence-electron chi connectivity index (χ1n) is 9.52. The normalized spacial score (nSPS) is 10.9. The van der Waals surface area contributed by atoms with E-state index in [2.05, 4.69) is 0 Å². The minimum atomic E-state index is -4.20. The number of para-hydroxylation sites is 1. The van der Waals surface area contributed by atoms with Crippen LogP contribution in [-0.4, -0.2) is 46.7 Å². The number of ether oxygens (including phenoxy) is 3. The highest BCUT2D eigenvalue weighted by molar-refractivity contribution is 7.92. The Morgan fingerprint density at radius 3 is 2.10 bits per heavy atom. The van der Waals surface area contributed by atoms with Gasteiger partial charge in [-0.3, -0.25) is 9.10 Å². The number of rotatable bonds is 10. The number of carbonyl (C=O) groups is 2. The van der Waals surface area contributed by atoms with Gasteiger partial charge in [-0.2, -0.15) is 0 Å². The molecule has 0 saturated heterocycles. The molecule has 0 unspecified atom stereocenters. The largest absolute Gasteiger partial charge is 0.494 e. The summed E-state index contributed by atoms with van der Waals surface area (Å²) in [6.07, 6.45) is 0. The molecule has 162 valence electrons. The summed E-state index contributed by atoms with van der Waals surface area (Å²) in [5.41, 5.74) is 0.0519. The molecular weight excluding hydrogens is 410 g/mol. The quantitative estimate of drug-likeness (QED) is 0.529. The zero-order valence-corrected chi connectivity index (χ0v) is 18.0. The summed E-state index contributed by atoms with van der Waals surface area (Å²) in [5.74, 6) is -0.921. The molecule has 0 heterocycles. The van der Waals surface area contributed by atoms with Crippen molar-refractivity contribution < 1.29 is 32.2 Å². The van der Waals surface area contributed by atoms with Crippen LogP contribution >= 0.6 is 0 Å². The third-order valence-corrected chi connectivity index (χ3v) is 5.74. The summed E-state index contributed by atoms with van der Waals surface area (Å²) in [6, 6.07) is 11.9. The van der Waals surface area contributed by atoms with Crippen molar-refractivity contribution in [2.45, 2.75) is 25.7 Å². The average molecular weight is 435 g/mol. The molecule has 0 aliphatic carbocycles. The fraction of sp³-hybridized carbons (Fsp3) is 0.333. The third kappa shape index (κ3) is 5.50. The topological polar surface area (TPSA) is 99.2 Å². The molecule has 2 aromatic carbocycles. The van der Waals surface area contributed by atoms with Crippen LogP contribution in [0.1, 0.15) is 31.1 Å². The van der Waals surface area contributed by atoms with Gasteiger partial charge >= 0.3 is 11.9 Å². The molecule has 0 radical (unpaired) electrons. The van der Waals surface area contributed by atoms with Crippen LogP contribution in [0.3, 0.4) is 0 Å². The van der Waals surface area contributed by atoms with E-state index in [1.165, 1.54) is 36.4 Å². The van der Waals surface area contributed by atoms with E-state index in [1.54, 1.807) is 26.0 Å². The summed E-state index contributed by atoms with van der Waals surface area (Å²) < 4.78 is 43.0. The Morgan fingerprint density at radius 2 is 1.50 bits per heavy atom. The van der Waals surface area contributed by atoms with Crippen molar-refractivity contribution in [3.63, 3.8) is 0 Å². The summed E-state index contributed by atoms with van der Waals surface area (Å²) in [6.45, 7) is 5.14. The summed E-state index contributed by atoms with van der Waals surface area (Å²) in [4.78, 5) is 24.5. The minimum Gasteiger partial charge on any atom is -0.494 e. The number of anilines is 1. The van der Waals surface area contributed by atoms with Crippen LogP contribution in [0, 0.1) is 0 Å². The second-order valence-corrected chi connectivity index (χ2v) is 7.82. The van der Waals surface area contributed by atoms with Crippen LogP contribution in [-0.2, 0) is 24.3 Å². The van der Waals surface area contributed by atoms with Crippen molar-refractivity contribution in [1.82, 2.24) is 0 Å². The van der Waals surface area contributed by atoms with Gasteiger partial charge in [0.15, 0.2) is 0 Å². The van der Waals surface area contributed by atoms with Crippen LogP contribution < -0.4 is 9.04 Å². The predicted molar refractivity (Wildman–Crippen MR) is 111 cm³/mol. The van der Waals surface area contributed by atoms with Crippen LogP contribution in [0.4, 0.5) is 5.69 Å². The van der Waals surface area contributed by atoms with Crippen molar-refractivity contribution in [2.24, 2.45) is 0 Å². The highest BCUT2D eigenvalue weighted by Crippen LogP contribution is 2.28. The molecule has 0 aliphatic rings. The number of benzene rings is 2. The Morgan fingerprint density at radius 1 is 0.867 bits per heavy atom. The van der Waals surface area contributed by atoms with Crippen LogP contribution in [0.5, 0.6) is 5.75 Å². The first kappa shape index (κ1) is 23.2. The number of hydrogen-bond acceptors (Lipinski definition) is 7. The van der Waals surface area contributed by atoms with Crippen LogP contribution in [0.2, 0.25) is 0 Å². The minimum absolute atomic E-state index is 0.0258. The second kappa shape index (κ2) is 10.6. The maximum Gasteiger partial charge on any atom is 0.340 e. The smallest absolute Gasteiger partial charge is 0.340 e. The van der Waals surface area contributed by atoms with Gasteiger partial charge in [0.2, 0.25) is 0 Å². The van der Waals surface area contributed by atoms with Crippen molar-refractivity contribution in [2.75, 3.05) is 30.7 Å². The highest BCUT2D eigenvalue weighted by atomic mass is 32.2. The van der Waals surface area contributed by atoms with E-state index in [0.717, 1.165) is 4.31 Å². The van der Waals surface area contributed by atoms with Gasteiger partial charge in [0, 0.05) is 0 Å². The average Bonchev–Trinajstić information content (AvgIpc) is 2.73. The van der Waals surface area contributed by atoms with Gasteiger partial charge in [-0.1, -0.05) is 12.1 Å². The van der Waals surface area contributed by atoms with Gasteiger partial charge in [-0.05, 0) is 57.2 Å². The lowest BCUT2D eigenvalue weighted by Crippen LogP contribution is -2.37. The molecule has 0 bridgehead atoms. The van der Waals surface area contributed by atoms with Gasteiger partial charge in [-0.15, -0.1) is 0 Å². The van der Waals surface area contributed by atoms with Crippen molar-refractivity contribution >= 4 is 27.6 Å². The van der Waals surface area contributed by atoms with Crippen molar-refractivity contribution in [1.29, 1.82) is 0 Å². The van der Waals surface area contributed by atoms with E-state index in [-0.39, 0.29) is 29.4 Å². The zero-order valence-electron chi connectivity index (χ0n) is 17.2. The molecule has 0 saturated carbocycles. The Bertz CT molecular complexity index is 971. The molecule has 8 nitrogen and oxygen atoms in total. The molecule has 0 spiro atoms. The van der Waals surface area contributed by atoms with E-state index in [1.807, 2.05) is 6.92 Å². The van der Waals surface area contributed by atoms with Crippen molar-refractivity contribution in [3.05, 3.63) is 54.1 Å². The SMILES string of the molecule is CCOC(=O)CN(c1ccccc1C(=O)OCC)S(=O)(=O)c1ccc(OCC)cc1.